The Hall–Kier alpha value is -3.31. The molecule has 0 amide bonds. The van der Waals surface area contributed by atoms with E-state index in [1.54, 1.807) is 12.1 Å². The number of aliphatic hydroxyl groups excluding tert-OH is 1. The van der Waals surface area contributed by atoms with Crippen LogP contribution in [0.1, 0.15) is 72.7 Å². The average molecular weight is 477 g/mol. The van der Waals surface area contributed by atoms with E-state index in [2.05, 4.69) is 12.1 Å². The summed E-state index contributed by atoms with van der Waals surface area (Å²) in [6, 6.07) is 21.3. The Kier molecular flexibility index (Phi) is 10.2. The Balaban J connectivity index is 1.41. The highest BCUT2D eigenvalue weighted by Gasteiger charge is 2.16. The highest BCUT2D eigenvalue weighted by atomic mass is 16.5. The molecule has 0 aliphatic heterocycles. The highest BCUT2D eigenvalue weighted by molar-refractivity contribution is 5.97. The first-order valence-corrected chi connectivity index (χ1v) is 12.4. The van der Waals surface area contributed by atoms with Gasteiger partial charge in [-0.3, -0.25) is 4.79 Å². The normalized spacial score (nSPS) is 11.7. The molecule has 0 aliphatic rings. The minimum Gasteiger partial charge on any atom is -0.507 e. The van der Waals surface area contributed by atoms with E-state index in [0.29, 0.717) is 42.9 Å². The Bertz CT molecular complexity index is 1060. The molecule has 35 heavy (non-hydrogen) atoms. The molecule has 2 N–H and O–H groups in total. The van der Waals surface area contributed by atoms with Crippen molar-refractivity contribution in [1.82, 2.24) is 0 Å². The maximum atomic E-state index is 11.7. The van der Waals surface area contributed by atoms with Crippen molar-refractivity contribution in [2.45, 2.75) is 58.5 Å². The number of aliphatic hydroxyl groups is 1. The van der Waals surface area contributed by atoms with Crippen LogP contribution in [0.3, 0.4) is 0 Å². The number of ketones is 1. The summed E-state index contributed by atoms with van der Waals surface area (Å²) < 4.78 is 11.7. The van der Waals surface area contributed by atoms with Crippen LogP contribution >= 0.6 is 0 Å². The molecule has 0 spiro atoms. The second-order valence-corrected chi connectivity index (χ2v) is 8.76. The first-order valence-electron chi connectivity index (χ1n) is 12.4. The number of hydrogen-bond donors (Lipinski definition) is 2. The van der Waals surface area contributed by atoms with Crippen molar-refractivity contribution in [3.63, 3.8) is 0 Å². The van der Waals surface area contributed by atoms with Gasteiger partial charge in [0.25, 0.3) is 0 Å². The van der Waals surface area contributed by atoms with Gasteiger partial charge in [-0.2, -0.15) is 0 Å². The van der Waals surface area contributed by atoms with Crippen LogP contribution in [0.15, 0.2) is 66.7 Å². The van der Waals surface area contributed by atoms with Crippen LogP contribution in [0, 0.1) is 0 Å². The van der Waals surface area contributed by atoms with E-state index in [-0.39, 0.29) is 11.5 Å². The molecule has 3 rings (SSSR count). The van der Waals surface area contributed by atoms with Gasteiger partial charge in [-0.1, -0.05) is 55.8 Å². The van der Waals surface area contributed by atoms with Crippen LogP contribution < -0.4 is 9.47 Å². The smallest absolute Gasteiger partial charge is 0.163 e. The number of phenols is 1. The fourth-order valence-electron chi connectivity index (χ4n) is 4.06. The zero-order valence-electron chi connectivity index (χ0n) is 20.7. The van der Waals surface area contributed by atoms with Gasteiger partial charge in [0.1, 0.15) is 17.2 Å². The highest BCUT2D eigenvalue weighted by Crippen LogP contribution is 2.33. The second-order valence-electron chi connectivity index (χ2n) is 8.76. The van der Waals surface area contributed by atoms with Gasteiger partial charge in [0.15, 0.2) is 5.78 Å². The van der Waals surface area contributed by atoms with Gasteiger partial charge in [-0.25, -0.2) is 0 Å². The second kappa shape index (κ2) is 13.5. The van der Waals surface area contributed by atoms with Crippen molar-refractivity contribution in [3.05, 3.63) is 89.0 Å². The number of aryl methyl sites for hydroxylation is 1. The van der Waals surface area contributed by atoms with Crippen LogP contribution in [0.25, 0.3) is 0 Å². The van der Waals surface area contributed by atoms with Gasteiger partial charge in [-0.15, -0.1) is 0 Å². The first-order chi connectivity index (χ1) is 17.0. The lowest BCUT2D eigenvalue weighted by Gasteiger charge is -2.15. The summed E-state index contributed by atoms with van der Waals surface area (Å²) in [6.45, 7) is 4.39. The molecule has 1 atom stereocenters. The van der Waals surface area contributed by atoms with Crippen molar-refractivity contribution in [2.24, 2.45) is 0 Å². The molecule has 0 bridgehead atoms. The molecular weight excluding hydrogens is 440 g/mol. The van der Waals surface area contributed by atoms with E-state index < -0.39 is 6.10 Å². The van der Waals surface area contributed by atoms with E-state index >= 15 is 0 Å². The van der Waals surface area contributed by atoms with Crippen molar-refractivity contribution < 1.29 is 24.5 Å². The number of rotatable bonds is 14. The molecule has 1 unspecified atom stereocenters. The molecule has 3 aromatic carbocycles. The maximum absolute atomic E-state index is 11.7. The molecule has 0 radical (unpaired) electrons. The van der Waals surface area contributed by atoms with E-state index in [4.69, 9.17) is 9.47 Å². The third kappa shape index (κ3) is 7.86. The van der Waals surface area contributed by atoms with Crippen LogP contribution in [0.5, 0.6) is 17.2 Å². The number of Topliss-reactive ketones (excluding diaryl/α,β-unsaturated/α-hetero) is 1. The molecule has 186 valence electrons. The zero-order valence-corrected chi connectivity index (χ0v) is 20.7. The van der Waals surface area contributed by atoms with E-state index in [1.807, 2.05) is 49.4 Å². The Morgan fingerprint density at radius 3 is 2.29 bits per heavy atom. The molecule has 0 aromatic heterocycles. The first kappa shape index (κ1) is 26.3. The van der Waals surface area contributed by atoms with Crippen molar-refractivity contribution >= 4 is 5.78 Å². The summed E-state index contributed by atoms with van der Waals surface area (Å²) >= 11 is 0. The number of ether oxygens (including phenoxy) is 2. The van der Waals surface area contributed by atoms with Gasteiger partial charge in [-0.05, 0) is 68.0 Å². The minimum absolute atomic E-state index is 0.0236. The number of phenolic OH excluding ortho intramolecular Hbond substituents is 1. The summed E-state index contributed by atoms with van der Waals surface area (Å²) in [5, 5.41) is 20.9. The van der Waals surface area contributed by atoms with E-state index in [9.17, 15) is 15.0 Å². The zero-order chi connectivity index (χ0) is 25.0. The Labute approximate surface area is 208 Å². The monoisotopic (exact) mass is 476 g/mol. The number of carbonyl (C=O) groups excluding carboxylic acids is 1. The lowest BCUT2D eigenvalue weighted by Crippen LogP contribution is -2.07. The topological polar surface area (TPSA) is 76.0 Å². The molecule has 5 heteroatoms. The van der Waals surface area contributed by atoms with Crippen molar-refractivity contribution in [1.29, 1.82) is 0 Å². The van der Waals surface area contributed by atoms with Crippen molar-refractivity contribution in [3.8, 4) is 17.2 Å². The molecule has 0 saturated heterocycles. The summed E-state index contributed by atoms with van der Waals surface area (Å²) in [5.74, 6) is 1.22. The van der Waals surface area contributed by atoms with Gasteiger partial charge in [0.2, 0.25) is 0 Å². The van der Waals surface area contributed by atoms with Crippen LogP contribution in [-0.2, 0) is 12.8 Å². The van der Waals surface area contributed by atoms with Crippen molar-refractivity contribution in [2.75, 3.05) is 13.2 Å². The fourth-order valence-corrected chi connectivity index (χ4v) is 4.06. The predicted octanol–water partition coefficient (Wildman–Crippen LogP) is 6.45. The maximum Gasteiger partial charge on any atom is 0.163 e. The van der Waals surface area contributed by atoms with Gasteiger partial charge >= 0.3 is 0 Å². The molecule has 0 heterocycles. The lowest BCUT2D eigenvalue weighted by atomic mass is 10.0. The fraction of sp³-hybridized carbons (Fsp3) is 0.367. The van der Waals surface area contributed by atoms with Crippen LogP contribution in [0.4, 0.5) is 0 Å². The third-order valence-corrected chi connectivity index (χ3v) is 5.98. The van der Waals surface area contributed by atoms with E-state index in [1.165, 1.54) is 12.5 Å². The number of benzene rings is 3. The minimum atomic E-state index is -0.482. The quantitative estimate of drug-likeness (QED) is 0.206. The number of hydrogen-bond acceptors (Lipinski definition) is 5. The van der Waals surface area contributed by atoms with Crippen LogP contribution in [0.2, 0.25) is 0 Å². The summed E-state index contributed by atoms with van der Waals surface area (Å²) in [4.78, 5) is 11.7. The third-order valence-electron chi connectivity index (χ3n) is 5.98. The Morgan fingerprint density at radius 2 is 1.60 bits per heavy atom. The van der Waals surface area contributed by atoms with Gasteiger partial charge in [0.05, 0.1) is 24.9 Å². The lowest BCUT2D eigenvalue weighted by molar-refractivity contribution is 0.101. The van der Waals surface area contributed by atoms with E-state index in [0.717, 1.165) is 37.0 Å². The summed E-state index contributed by atoms with van der Waals surface area (Å²) in [5.41, 5.74) is 3.19. The molecule has 3 aromatic rings. The number of aromatic hydroxyl groups is 1. The predicted molar refractivity (Wildman–Crippen MR) is 138 cm³/mol. The van der Waals surface area contributed by atoms with Gasteiger partial charge < -0.3 is 19.7 Å². The molecule has 0 saturated carbocycles. The molecule has 5 nitrogen and oxygen atoms in total. The molecular formula is C30H36O5. The SMILES string of the molecule is CCCc1c(OCCCOc2ccc(C(O)CCCc3ccccc3)cc2)ccc(C(C)=O)c1O. The summed E-state index contributed by atoms with van der Waals surface area (Å²) in [7, 11) is 0. The molecule has 0 fully saturated rings. The van der Waals surface area contributed by atoms with Crippen LogP contribution in [-0.4, -0.2) is 29.2 Å². The molecule has 0 aliphatic carbocycles. The summed E-state index contributed by atoms with van der Waals surface area (Å²) in [6.07, 6.45) is 4.28. The largest absolute Gasteiger partial charge is 0.507 e. The number of carbonyl (C=O) groups is 1. The standard InChI is InChI=1S/C30H36O5/c1-3-9-27-29(19-18-26(22(2)31)30(27)33)35-21-8-20-34-25-16-14-24(15-17-25)28(32)13-7-12-23-10-5-4-6-11-23/h4-6,10-11,14-19,28,32-33H,3,7-9,12-13,20-21H2,1-2H3. The van der Waals surface area contributed by atoms with Gasteiger partial charge in [0, 0.05) is 12.0 Å². The Morgan fingerprint density at radius 1 is 0.886 bits per heavy atom. The average Bonchev–Trinajstić information content (AvgIpc) is 2.86.